The van der Waals surface area contributed by atoms with E-state index in [0.29, 0.717) is 17.8 Å². The smallest absolute Gasteiger partial charge is 0.169 e. The van der Waals surface area contributed by atoms with E-state index in [9.17, 15) is 0 Å². The van der Waals surface area contributed by atoms with Crippen LogP contribution in [0.5, 0.6) is 0 Å². The van der Waals surface area contributed by atoms with Crippen LogP contribution in [0.3, 0.4) is 0 Å². The Hall–Kier alpha value is -6.85. The van der Waals surface area contributed by atoms with Crippen LogP contribution in [0, 0.1) is 23.7 Å². The molecule has 0 saturated heterocycles. The van der Waals surface area contributed by atoms with Crippen molar-refractivity contribution in [3.05, 3.63) is 216 Å². The van der Waals surface area contributed by atoms with Gasteiger partial charge in [-0.1, -0.05) is 170 Å². The van der Waals surface area contributed by atoms with Gasteiger partial charge in [-0.3, -0.25) is 0 Å². The normalized spacial score (nSPS) is 25.5. The summed E-state index contributed by atoms with van der Waals surface area (Å²) in [5, 5.41) is 3.93. The zero-order valence-corrected chi connectivity index (χ0v) is 38.3. The summed E-state index contributed by atoms with van der Waals surface area (Å²) in [5.41, 5.74) is 13.7. The van der Waals surface area contributed by atoms with Crippen molar-refractivity contribution < 1.29 is 0 Å². The van der Waals surface area contributed by atoms with Crippen LogP contribution >= 0.6 is 0 Å². The average molecular weight is 874 g/mol. The highest BCUT2D eigenvalue weighted by molar-refractivity contribution is 6.14. The summed E-state index contributed by atoms with van der Waals surface area (Å²) in [7, 11) is 0. The number of hydrogen-bond acceptors (Lipinski definition) is 5. The lowest BCUT2D eigenvalue weighted by molar-refractivity contribution is 0.271. The molecule has 1 aromatic heterocycles. The minimum atomic E-state index is -0.372. The van der Waals surface area contributed by atoms with Crippen molar-refractivity contribution in [3.63, 3.8) is 0 Å². The molecule has 0 saturated carbocycles. The lowest BCUT2D eigenvalue weighted by atomic mass is 9.70. The summed E-state index contributed by atoms with van der Waals surface area (Å²) >= 11 is 0. The van der Waals surface area contributed by atoms with Crippen LogP contribution < -0.4 is 10.2 Å². The summed E-state index contributed by atoms with van der Waals surface area (Å²) in [6.45, 7) is 0. The maximum atomic E-state index is 5.73. The van der Waals surface area contributed by atoms with Crippen LogP contribution in [-0.4, -0.2) is 22.7 Å². The number of aromatic nitrogens is 1. The van der Waals surface area contributed by atoms with E-state index < -0.39 is 0 Å². The Balaban J connectivity index is 1.05. The number of nitrogens with one attached hydrogen (secondary N) is 1. The minimum absolute atomic E-state index is 0.178. The molecule has 1 N–H and O–H groups in total. The summed E-state index contributed by atoms with van der Waals surface area (Å²) in [6, 6.07) is 52.9. The summed E-state index contributed by atoms with van der Waals surface area (Å²) < 4.78 is 0. The Morgan fingerprint density at radius 2 is 1.30 bits per heavy atom. The molecule has 0 fully saturated rings. The zero-order chi connectivity index (χ0) is 44.5. The number of aliphatic imine (C=N–C) groups is 2. The van der Waals surface area contributed by atoms with Gasteiger partial charge in [0, 0.05) is 35.2 Å². The molecular weight excluding hydrogens is 815 g/mol. The van der Waals surface area contributed by atoms with Gasteiger partial charge in [-0.05, 0) is 133 Å². The number of hydrogen-bond donors (Lipinski definition) is 1. The van der Waals surface area contributed by atoms with Crippen molar-refractivity contribution in [1.82, 2.24) is 10.3 Å². The molecular formula is C62H59N5. The second kappa shape index (κ2) is 18.4. The van der Waals surface area contributed by atoms with Crippen LogP contribution in [0.25, 0.3) is 33.4 Å². The predicted molar refractivity (Wildman–Crippen MR) is 277 cm³/mol. The molecule has 0 bridgehead atoms. The van der Waals surface area contributed by atoms with Crippen molar-refractivity contribution >= 4 is 17.5 Å². The van der Waals surface area contributed by atoms with E-state index >= 15 is 0 Å². The number of rotatable bonds is 9. The molecule has 7 atom stereocenters. The molecule has 5 nitrogen and oxygen atoms in total. The number of benzene rings is 5. The van der Waals surface area contributed by atoms with E-state index in [2.05, 4.69) is 198 Å². The van der Waals surface area contributed by atoms with Gasteiger partial charge in [0.05, 0.1) is 11.6 Å². The lowest BCUT2D eigenvalue weighted by Crippen LogP contribution is -2.42. The van der Waals surface area contributed by atoms with E-state index in [0.717, 1.165) is 77.8 Å². The van der Waals surface area contributed by atoms with Gasteiger partial charge in [-0.15, -0.1) is 0 Å². The minimum Gasteiger partial charge on any atom is -0.328 e. The van der Waals surface area contributed by atoms with E-state index in [1.807, 2.05) is 0 Å². The van der Waals surface area contributed by atoms with Crippen LogP contribution in [0.2, 0.25) is 0 Å². The molecule has 332 valence electrons. The molecule has 12 rings (SSSR count). The highest BCUT2D eigenvalue weighted by Crippen LogP contribution is 2.54. The first-order valence-electron chi connectivity index (χ1n) is 25.0. The second-order valence-electron chi connectivity index (χ2n) is 19.6. The Morgan fingerprint density at radius 3 is 2.04 bits per heavy atom. The van der Waals surface area contributed by atoms with Crippen LogP contribution in [0.15, 0.2) is 210 Å². The molecule has 0 radical (unpaired) electrons. The fourth-order valence-corrected chi connectivity index (χ4v) is 12.2. The van der Waals surface area contributed by atoms with Gasteiger partial charge in [0.15, 0.2) is 6.17 Å². The SMILES string of the molecule is C1=CC(C2=NC(c3ccccc3)N=C(c3cc(-c4cc(-c5ccccc5)ccc4-c4ccccc4)cnc3N3C4=C(CC(C5CC=CCC5)CC4)C4CC(c5ccccc5)C=CC43)N2)CCC1. The standard InChI is InChI=1S/C62H59N5/c1-7-19-42(20-8-1)48-31-34-52(45-25-13-4-14-26-45)53(37-48)51-40-56(61-65-59(46-27-15-5-16-28-46)64-60(66-61)47-29-17-6-18-30-47)62(63-41-51)67-57-35-32-49(43-21-9-2-10-22-43)38-54(57)55-39-50(33-36-58(55)67)44-23-11-3-12-24-44/h1-5,7-11,13-17,19-22,25-29,31-32,34-35,37,40-41,44,47,49-50,54,57,59H,6,12,18,23-24,30,33,36,38-39H2,(H,64,65,66). The van der Waals surface area contributed by atoms with E-state index in [1.165, 1.54) is 65.6 Å². The third-order valence-corrected chi connectivity index (χ3v) is 15.6. The van der Waals surface area contributed by atoms with E-state index in [-0.39, 0.29) is 18.1 Å². The van der Waals surface area contributed by atoms with Gasteiger partial charge < -0.3 is 10.2 Å². The third-order valence-electron chi connectivity index (χ3n) is 15.6. The summed E-state index contributed by atoms with van der Waals surface area (Å²) in [6.07, 6.45) is 28.0. The summed E-state index contributed by atoms with van der Waals surface area (Å²) in [4.78, 5) is 19.4. The molecule has 67 heavy (non-hydrogen) atoms. The quantitative estimate of drug-likeness (QED) is 0.147. The number of allylic oxidation sites excluding steroid dienone is 5. The van der Waals surface area contributed by atoms with Crippen molar-refractivity contribution in [1.29, 1.82) is 0 Å². The number of anilines is 1. The van der Waals surface area contributed by atoms with Gasteiger partial charge in [0.25, 0.3) is 0 Å². The Bertz CT molecular complexity index is 2930. The maximum absolute atomic E-state index is 5.73. The molecule has 4 aliphatic carbocycles. The van der Waals surface area contributed by atoms with Crippen LogP contribution in [0.4, 0.5) is 5.82 Å². The molecule has 6 aromatic rings. The first-order valence-corrected chi connectivity index (χ1v) is 25.0. The number of pyridine rings is 1. The number of nitrogens with zero attached hydrogens (tertiary/aromatic N) is 4. The lowest BCUT2D eigenvalue weighted by Gasteiger charge is -2.36. The Morgan fingerprint density at radius 1 is 0.552 bits per heavy atom. The zero-order valence-electron chi connectivity index (χ0n) is 38.3. The first kappa shape index (κ1) is 41.6. The van der Waals surface area contributed by atoms with Gasteiger partial charge in [0.1, 0.15) is 17.5 Å². The largest absolute Gasteiger partial charge is 0.328 e. The molecule has 5 aromatic carbocycles. The van der Waals surface area contributed by atoms with Crippen molar-refractivity contribution in [3.8, 4) is 33.4 Å². The molecule has 0 amide bonds. The van der Waals surface area contributed by atoms with Crippen molar-refractivity contribution in [2.45, 2.75) is 82.3 Å². The molecule has 5 heteroatoms. The molecule has 7 unspecified atom stereocenters. The first-order chi connectivity index (χ1) is 33.2. The van der Waals surface area contributed by atoms with Crippen LogP contribution in [-0.2, 0) is 0 Å². The second-order valence-corrected chi connectivity index (χ2v) is 19.6. The fraction of sp³-hybridized carbons (Fsp3) is 0.274. The van der Waals surface area contributed by atoms with E-state index in [1.54, 1.807) is 5.57 Å². The highest BCUT2D eigenvalue weighted by Gasteiger charge is 2.47. The van der Waals surface area contributed by atoms with E-state index in [4.69, 9.17) is 15.0 Å². The van der Waals surface area contributed by atoms with Gasteiger partial charge in [-0.2, -0.15) is 0 Å². The molecule has 6 aliphatic rings. The number of fused-ring (bicyclic) bond motifs is 2. The predicted octanol–water partition coefficient (Wildman–Crippen LogP) is 14.8. The van der Waals surface area contributed by atoms with Gasteiger partial charge in [-0.25, -0.2) is 15.0 Å². The molecule has 0 spiro atoms. The van der Waals surface area contributed by atoms with Crippen molar-refractivity contribution in [2.24, 2.45) is 33.7 Å². The Kier molecular flexibility index (Phi) is 11.4. The maximum Gasteiger partial charge on any atom is 0.169 e. The van der Waals surface area contributed by atoms with Crippen LogP contribution in [0.1, 0.15) is 93.0 Å². The van der Waals surface area contributed by atoms with Gasteiger partial charge in [0.2, 0.25) is 0 Å². The summed E-state index contributed by atoms with van der Waals surface area (Å²) in [5.74, 6) is 5.30. The topological polar surface area (TPSA) is 52.9 Å². The highest BCUT2D eigenvalue weighted by atomic mass is 15.3. The molecule has 2 aliphatic heterocycles. The average Bonchev–Trinajstić information content (AvgIpc) is 3.74. The number of amidine groups is 2. The van der Waals surface area contributed by atoms with Crippen molar-refractivity contribution in [2.75, 3.05) is 4.90 Å². The third kappa shape index (κ3) is 8.24. The molecule has 3 heterocycles. The monoisotopic (exact) mass is 873 g/mol. The van der Waals surface area contributed by atoms with Gasteiger partial charge >= 0.3 is 0 Å². The fourth-order valence-electron chi connectivity index (χ4n) is 12.2. The Labute approximate surface area is 396 Å².